The number of aliphatic imine (C=N–C) groups is 1. The fourth-order valence-corrected chi connectivity index (χ4v) is 4.25. The standard InChI is InChI=1S/C19H36N4O/c1-3-13-21-17(24)9-14-22-18(20-2)23-15-8-12-19(16-23)10-6-4-5-7-11-19/h3-16H2,1-2H3,(H,20,22)(H,21,24). The third-order valence-corrected chi connectivity index (χ3v) is 5.54. The van der Waals surface area contributed by atoms with Crippen molar-refractivity contribution in [3.05, 3.63) is 0 Å². The maximum atomic E-state index is 11.7. The van der Waals surface area contributed by atoms with E-state index in [1.807, 2.05) is 7.05 Å². The summed E-state index contributed by atoms with van der Waals surface area (Å²) in [7, 11) is 1.86. The first-order valence-electron chi connectivity index (χ1n) is 9.91. The van der Waals surface area contributed by atoms with Crippen molar-refractivity contribution in [3.63, 3.8) is 0 Å². The van der Waals surface area contributed by atoms with Crippen LogP contribution in [-0.2, 0) is 4.79 Å². The minimum atomic E-state index is 0.124. The highest BCUT2D eigenvalue weighted by Gasteiger charge is 2.36. The average molecular weight is 337 g/mol. The summed E-state index contributed by atoms with van der Waals surface area (Å²) < 4.78 is 0. The molecule has 1 aliphatic heterocycles. The Balaban J connectivity index is 1.82. The second-order valence-corrected chi connectivity index (χ2v) is 7.51. The van der Waals surface area contributed by atoms with E-state index in [0.717, 1.165) is 32.0 Å². The van der Waals surface area contributed by atoms with Crippen LogP contribution < -0.4 is 10.6 Å². The largest absolute Gasteiger partial charge is 0.356 e. The van der Waals surface area contributed by atoms with Gasteiger partial charge in [-0.15, -0.1) is 0 Å². The number of piperidine rings is 1. The Morgan fingerprint density at radius 3 is 2.42 bits per heavy atom. The van der Waals surface area contributed by atoms with Crippen molar-refractivity contribution in [3.8, 4) is 0 Å². The molecule has 1 saturated heterocycles. The SMILES string of the molecule is CCCNC(=O)CCNC(=NC)N1CCCC2(CCCCCC2)C1. The molecule has 2 fully saturated rings. The Bertz CT molecular complexity index is 414. The molecule has 1 heterocycles. The molecule has 0 atom stereocenters. The second-order valence-electron chi connectivity index (χ2n) is 7.51. The number of hydrogen-bond donors (Lipinski definition) is 2. The van der Waals surface area contributed by atoms with Crippen LogP contribution in [0.1, 0.15) is 71.1 Å². The molecule has 0 aromatic heterocycles. The van der Waals surface area contributed by atoms with E-state index in [2.05, 4.69) is 27.4 Å². The number of guanidine groups is 1. The highest BCUT2D eigenvalue weighted by molar-refractivity contribution is 5.81. The van der Waals surface area contributed by atoms with E-state index in [4.69, 9.17) is 0 Å². The number of carbonyl (C=O) groups is 1. The lowest BCUT2D eigenvalue weighted by atomic mass is 9.74. The van der Waals surface area contributed by atoms with Crippen LogP contribution in [0.15, 0.2) is 4.99 Å². The molecule has 138 valence electrons. The van der Waals surface area contributed by atoms with Crippen LogP contribution in [0.3, 0.4) is 0 Å². The molecule has 0 aromatic rings. The smallest absolute Gasteiger partial charge is 0.221 e. The highest BCUT2D eigenvalue weighted by Crippen LogP contribution is 2.42. The highest BCUT2D eigenvalue weighted by atomic mass is 16.1. The number of amides is 1. The number of rotatable bonds is 5. The van der Waals surface area contributed by atoms with Gasteiger partial charge >= 0.3 is 0 Å². The molecule has 2 N–H and O–H groups in total. The summed E-state index contributed by atoms with van der Waals surface area (Å²) in [5.74, 6) is 1.10. The summed E-state index contributed by atoms with van der Waals surface area (Å²) >= 11 is 0. The molecule has 24 heavy (non-hydrogen) atoms. The van der Waals surface area contributed by atoms with Crippen LogP contribution in [0.25, 0.3) is 0 Å². The number of likely N-dealkylation sites (tertiary alicyclic amines) is 1. The Morgan fingerprint density at radius 2 is 1.75 bits per heavy atom. The van der Waals surface area contributed by atoms with Gasteiger partial charge in [0, 0.05) is 39.6 Å². The third kappa shape index (κ3) is 5.67. The average Bonchev–Trinajstić information content (AvgIpc) is 2.82. The van der Waals surface area contributed by atoms with Crippen molar-refractivity contribution in [2.75, 3.05) is 33.2 Å². The van der Waals surface area contributed by atoms with Crippen molar-refractivity contribution in [2.24, 2.45) is 10.4 Å². The van der Waals surface area contributed by atoms with E-state index in [1.165, 1.54) is 51.4 Å². The molecule has 1 aliphatic carbocycles. The van der Waals surface area contributed by atoms with Crippen LogP contribution >= 0.6 is 0 Å². The summed E-state index contributed by atoms with van der Waals surface area (Å²) in [5, 5.41) is 6.32. The molecule has 1 spiro atoms. The summed E-state index contributed by atoms with van der Waals surface area (Å²) in [5.41, 5.74) is 0.505. The van der Waals surface area contributed by atoms with Gasteiger partial charge in [0.15, 0.2) is 5.96 Å². The quantitative estimate of drug-likeness (QED) is 0.599. The molecule has 1 saturated carbocycles. The van der Waals surface area contributed by atoms with Crippen molar-refractivity contribution >= 4 is 11.9 Å². The number of nitrogens with zero attached hydrogens (tertiary/aromatic N) is 2. The Labute approximate surface area is 147 Å². The maximum Gasteiger partial charge on any atom is 0.221 e. The lowest BCUT2D eigenvalue weighted by Gasteiger charge is -2.44. The predicted octanol–water partition coefficient (Wildman–Crippen LogP) is 2.91. The lowest BCUT2D eigenvalue weighted by molar-refractivity contribution is -0.120. The summed E-state index contributed by atoms with van der Waals surface area (Å²) in [4.78, 5) is 18.6. The summed E-state index contributed by atoms with van der Waals surface area (Å²) in [6.07, 6.45) is 12.5. The Morgan fingerprint density at radius 1 is 1.04 bits per heavy atom. The topological polar surface area (TPSA) is 56.7 Å². The molecule has 0 radical (unpaired) electrons. The number of carbonyl (C=O) groups excluding carboxylic acids is 1. The van der Waals surface area contributed by atoms with Crippen LogP contribution in [0, 0.1) is 5.41 Å². The van der Waals surface area contributed by atoms with E-state index >= 15 is 0 Å². The van der Waals surface area contributed by atoms with Crippen molar-refractivity contribution in [2.45, 2.75) is 71.1 Å². The van der Waals surface area contributed by atoms with Crippen molar-refractivity contribution in [1.29, 1.82) is 0 Å². The van der Waals surface area contributed by atoms with Gasteiger partial charge in [-0.2, -0.15) is 0 Å². The fraction of sp³-hybridized carbons (Fsp3) is 0.895. The molecule has 2 rings (SSSR count). The van der Waals surface area contributed by atoms with E-state index in [-0.39, 0.29) is 5.91 Å². The second kappa shape index (κ2) is 9.90. The van der Waals surface area contributed by atoms with Gasteiger partial charge in [0.2, 0.25) is 5.91 Å². The minimum absolute atomic E-state index is 0.124. The maximum absolute atomic E-state index is 11.7. The Kier molecular flexibility index (Phi) is 7.86. The van der Waals surface area contributed by atoms with Crippen LogP contribution in [0.2, 0.25) is 0 Å². The van der Waals surface area contributed by atoms with Gasteiger partial charge in [-0.1, -0.05) is 32.6 Å². The molecular formula is C19H36N4O. The van der Waals surface area contributed by atoms with Crippen molar-refractivity contribution in [1.82, 2.24) is 15.5 Å². The van der Waals surface area contributed by atoms with E-state index in [1.54, 1.807) is 0 Å². The van der Waals surface area contributed by atoms with Gasteiger partial charge in [0.05, 0.1) is 0 Å². The number of nitrogens with one attached hydrogen (secondary N) is 2. The van der Waals surface area contributed by atoms with Gasteiger partial charge < -0.3 is 15.5 Å². The van der Waals surface area contributed by atoms with E-state index in [0.29, 0.717) is 18.4 Å². The minimum Gasteiger partial charge on any atom is -0.356 e. The monoisotopic (exact) mass is 336 g/mol. The molecule has 2 aliphatic rings. The zero-order valence-corrected chi connectivity index (χ0v) is 15.7. The molecule has 0 unspecified atom stereocenters. The van der Waals surface area contributed by atoms with Gasteiger partial charge in [0.25, 0.3) is 0 Å². The normalized spacial score (nSPS) is 21.4. The van der Waals surface area contributed by atoms with Gasteiger partial charge in [0.1, 0.15) is 0 Å². The Hall–Kier alpha value is -1.26. The molecular weight excluding hydrogens is 300 g/mol. The summed E-state index contributed by atoms with van der Waals surface area (Å²) in [6.45, 7) is 5.71. The first-order chi connectivity index (χ1) is 11.7. The molecule has 0 aromatic carbocycles. The summed E-state index contributed by atoms with van der Waals surface area (Å²) in [6, 6.07) is 0. The van der Waals surface area contributed by atoms with Gasteiger partial charge in [-0.3, -0.25) is 9.79 Å². The van der Waals surface area contributed by atoms with Crippen molar-refractivity contribution < 1.29 is 4.79 Å². The molecule has 1 amide bonds. The molecule has 5 nitrogen and oxygen atoms in total. The molecule has 0 bridgehead atoms. The van der Waals surface area contributed by atoms with Gasteiger partial charge in [-0.25, -0.2) is 0 Å². The third-order valence-electron chi connectivity index (χ3n) is 5.54. The predicted molar refractivity (Wildman–Crippen MR) is 100 cm³/mol. The van der Waals surface area contributed by atoms with Crippen LogP contribution in [0.5, 0.6) is 0 Å². The zero-order chi connectivity index (χ0) is 17.3. The van der Waals surface area contributed by atoms with Crippen LogP contribution in [0.4, 0.5) is 0 Å². The van der Waals surface area contributed by atoms with E-state index < -0.39 is 0 Å². The van der Waals surface area contributed by atoms with E-state index in [9.17, 15) is 4.79 Å². The first kappa shape index (κ1) is 19.1. The first-order valence-corrected chi connectivity index (χ1v) is 9.91. The fourth-order valence-electron chi connectivity index (χ4n) is 4.25. The molecule has 5 heteroatoms. The zero-order valence-electron chi connectivity index (χ0n) is 15.7. The number of hydrogen-bond acceptors (Lipinski definition) is 2. The van der Waals surface area contributed by atoms with Gasteiger partial charge in [-0.05, 0) is 37.5 Å². The van der Waals surface area contributed by atoms with Crippen LogP contribution in [-0.4, -0.2) is 50.0 Å². The lowest BCUT2D eigenvalue weighted by Crippen LogP contribution is -2.51.